The van der Waals surface area contributed by atoms with Gasteiger partial charge in [-0.2, -0.15) is 13.2 Å². The van der Waals surface area contributed by atoms with Crippen LogP contribution < -0.4 is 10.1 Å². The molecule has 0 saturated carbocycles. The third-order valence-electron chi connectivity index (χ3n) is 4.53. The molecule has 0 unspecified atom stereocenters. The number of nitrogens with one attached hydrogen (secondary N) is 1. The van der Waals surface area contributed by atoms with Crippen molar-refractivity contribution >= 4 is 35.8 Å². The van der Waals surface area contributed by atoms with Crippen LogP contribution in [0.15, 0.2) is 46.1 Å². The number of rotatable bonds is 6. The monoisotopic (exact) mass is 567 g/mol. The van der Waals surface area contributed by atoms with Gasteiger partial charge in [0.2, 0.25) is 5.88 Å². The van der Waals surface area contributed by atoms with Gasteiger partial charge in [0, 0.05) is 45.0 Å². The number of aliphatic imine (C=N–C) groups is 1. The number of pyridine rings is 1. The Hall–Kier alpha value is -2.51. The molecule has 1 aliphatic rings. The lowest BCUT2D eigenvalue weighted by Gasteiger charge is -2.36. The molecule has 0 aromatic carbocycles. The number of halogens is 4. The Bertz CT molecular complexity index is 868. The molecule has 0 atom stereocenters. The van der Waals surface area contributed by atoms with E-state index in [1.165, 1.54) is 18.5 Å². The molecule has 1 saturated heterocycles. The zero-order valence-corrected chi connectivity index (χ0v) is 19.8. The van der Waals surface area contributed by atoms with E-state index in [4.69, 9.17) is 4.42 Å². The minimum Gasteiger partial charge on any atom is -0.468 e. The van der Waals surface area contributed by atoms with Crippen molar-refractivity contribution in [2.75, 3.05) is 39.3 Å². The predicted octanol–water partition coefficient (Wildman–Crippen LogP) is 3.16. The summed E-state index contributed by atoms with van der Waals surface area (Å²) in [6.45, 7) is 3.86. The molecule has 176 valence electrons. The molecule has 12 heteroatoms. The van der Waals surface area contributed by atoms with E-state index in [0.29, 0.717) is 51.0 Å². The van der Waals surface area contributed by atoms with E-state index in [1.54, 1.807) is 23.1 Å². The summed E-state index contributed by atoms with van der Waals surface area (Å²) in [6, 6.07) is 6.35. The van der Waals surface area contributed by atoms with E-state index in [1.807, 2.05) is 6.92 Å². The highest BCUT2D eigenvalue weighted by atomic mass is 127. The van der Waals surface area contributed by atoms with Crippen molar-refractivity contribution in [2.45, 2.75) is 19.6 Å². The Morgan fingerprint density at radius 2 is 1.94 bits per heavy atom. The van der Waals surface area contributed by atoms with Gasteiger partial charge in [-0.1, -0.05) is 6.07 Å². The number of hydrogen-bond donors (Lipinski definition) is 1. The Kier molecular flexibility index (Phi) is 9.60. The average Bonchev–Trinajstić information content (AvgIpc) is 3.30. The van der Waals surface area contributed by atoms with Crippen molar-refractivity contribution in [1.29, 1.82) is 0 Å². The Morgan fingerprint density at radius 3 is 2.50 bits per heavy atom. The molecule has 2 aromatic heterocycles. The van der Waals surface area contributed by atoms with Gasteiger partial charge < -0.3 is 24.3 Å². The van der Waals surface area contributed by atoms with Crippen molar-refractivity contribution in [2.24, 2.45) is 4.99 Å². The fourth-order valence-electron chi connectivity index (χ4n) is 3.02. The number of nitrogens with zero attached hydrogens (tertiary/aromatic N) is 4. The maximum atomic E-state index is 12.4. The fraction of sp³-hybridized carbons (Fsp3) is 0.450. The van der Waals surface area contributed by atoms with Crippen LogP contribution in [0.25, 0.3) is 0 Å². The summed E-state index contributed by atoms with van der Waals surface area (Å²) in [7, 11) is 0. The first-order valence-electron chi connectivity index (χ1n) is 9.86. The standard InChI is InChI=1S/C20H24F3N5O3.HI/c1-2-24-19(26-13-15-5-6-17(25-12-15)31-14-20(21,22)23)28-9-7-27(8-10-28)18(29)16-4-3-11-30-16;/h3-6,11-12H,2,7-10,13-14H2,1H3,(H,24,26);1H. The smallest absolute Gasteiger partial charge is 0.422 e. The summed E-state index contributed by atoms with van der Waals surface area (Å²) in [4.78, 5) is 24.7. The zero-order valence-electron chi connectivity index (χ0n) is 17.5. The van der Waals surface area contributed by atoms with Crippen molar-refractivity contribution in [3.8, 4) is 5.88 Å². The summed E-state index contributed by atoms with van der Waals surface area (Å²) in [5, 5.41) is 3.23. The van der Waals surface area contributed by atoms with Crippen LogP contribution in [-0.2, 0) is 6.54 Å². The number of piperazine rings is 1. The van der Waals surface area contributed by atoms with Crippen LogP contribution in [0, 0.1) is 0 Å². The SMILES string of the molecule is CCNC(=NCc1ccc(OCC(F)(F)F)nc1)N1CCN(C(=O)c2ccco2)CC1.I. The lowest BCUT2D eigenvalue weighted by atomic mass is 10.3. The number of ether oxygens (including phenoxy) is 1. The van der Waals surface area contributed by atoms with Crippen molar-refractivity contribution in [3.05, 3.63) is 48.0 Å². The van der Waals surface area contributed by atoms with E-state index in [2.05, 4.69) is 24.9 Å². The molecule has 1 aliphatic heterocycles. The van der Waals surface area contributed by atoms with Gasteiger partial charge in [0.1, 0.15) is 0 Å². The molecule has 8 nitrogen and oxygen atoms in total. The molecule has 0 aliphatic carbocycles. The fourth-order valence-corrected chi connectivity index (χ4v) is 3.02. The molecule has 0 bridgehead atoms. The molecular weight excluding hydrogens is 542 g/mol. The molecule has 1 amide bonds. The van der Waals surface area contributed by atoms with Crippen LogP contribution in [0.1, 0.15) is 23.0 Å². The van der Waals surface area contributed by atoms with Crippen molar-refractivity contribution < 1.29 is 27.1 Å². The molecule has 1 fully saturated rings. The first kappa shape index (κ1) is 25.7. The maximum absolute atomic E-state index is 12.4. The average molecular weight is 567 g/mol. The Labute approximate surface area is 200 Å². The van der Waals surface area contributed by atoms with Crippen LogP contribution >= 0.6 is 24.0 Å². The van der Waals surface area contributed by atoms with Gasteiger partial charge in [-0.25, -0.2) is 9.98 Å². The van der Waals surface area contributed by atoms with Crippen LogP contribution in [0.5, 0.6) is 5.88 Å². The highest BCUT2D eigenvalue weighted by Crippen LogP contribution is 2.17. The third kappa shape index (κ3) is 7.57. The second kappa shape index (κ2) is 11.9. The van der Waals surface area contributed by atoms with Gasteiger partial charge in [0.05, 0.1) is 12.8 Å². The summed E-state index contributed by atoms with van der Waals surface area (Å²) in [5.41, 5.74) is 0.737. The first-order valence-corrected chi connectivity index (χ1v) is 9.86. The van der Waals surface area contributed by atoms with Crippen LogP contribution in [0.2, 0.25) is 0 Å². The molecular formula is C20H25F3IN5O3. The number of furan rings is 1. The summed E-state index contributed by atoms with van der Waals surface area (Å²) in [5.74, 6) is 0.800. The second-order valence-corrected chi connectivity index (χ2v) is 6.84. The lowest BCUT2D eigenvalue weighted by molar-refractivity contribution is -0.154. The van der Waals surface area contributed by atoms with Gasteiger partial charge >= 0.3 is 6.18 Å². The molecule has 2 aromatic rings. The highest BCUT2D eigenvalue weighted by molar-refractivity contribution is 14.0. The summed E-state index contributed by atoms with van der Waals surface area (Å²) in [6.07, 6.45) is -1.49. The Balaban J connectivity index is 0.00000363. The van der Waals surface area contributed by atoms with E-state index in [0.717, 1.165) is 5.56 Å². The number of carbonyl (C=O) groups excluding carboxylic acids is 1. The molecule has 3 heterocycles. The molecule has 1 N–H and O–H groups in total. The maximum Gasteiger partial charge on any atom is 0.422 e. The number of aromatic nitrogens is 1. The first-order chi connectivity index (χ1) is 14.9. The lowest BCUT2D eigenvalue weighted by Crippen LogP contribution is -2.53. The highest BCUT2D eigenvalue weighted by Gasteiger charge is 2.28. The van der Waals surface area contributed by atoms with Crippen molar-refractivity contribution in [3.63, 3.8) is 0 Å². The van der Waals surface area contributed by atoms with Gasteiger partial charge in [-0.05, 0) is 24.6 Å². The largest absolute Gasteiger partial charge is 0.468 e. The summed E-state index contributed by atoms with van der Waals surface area (Å²) < 4.78 is 46.4. The third-order valence-corrected chi connectivity index (χ3v) is 4.53. The number of alkyl halides is 3. The number of hydrogen-bond acceptors (Lipinski definition) is 5. The van der Waals surface area contributed by atoms with E-state index in [9.17, 15) is 18.0 Å². The minimum absolute atomic E-state index is 0. The van der Waals surface area contributed by atoms with Crippen LogP contribution in [0.4, 0.5) is 13.2 Å². The van der Waals surface area contributed by atoms with E-state index < -0.39 is 12.8 Å². The summed E-state index contributed by atoms with van der Waals surface area (Å²) >= 11 is 0. The van der Waals surface area contributed by atoms with Crippen LogP contribution in [-0.4, -0.2) is 72.2 Å². The van der Waals surface area contributed by atoms with Gasteiger partial charge in [0.15, 0.2) is 18.3 Å². The topological polar surface area (TPSA) is 83.2 Å². The molecule has 32 heavy (non-hydrogen) atoms. The second-order valence-electron chi connectivity index (χ2n) is 6.84. The zero-order chi connectivity index (χ0) is 22.3. The number of carbonyl (C=O) groups is 1. The van der Waals surface area contributed by atoms with E-state index in [-0.39, 0.29) is 35.8 Å². The van der Waals surface area contributed by atoms with Crippen molar-refractivity contribution in [1.82, 2.24) is 20.1 Å². The molecule has 0 radical (unpaired) electrons. The molecule has 3 rings (SSSR count). The van der Waals surface area contributed by atoms with Gasteiger partial charge in [0.25, 0.3) is 5.91 Å². The normalized spacial score (nSPS) is 14.7. The van der Waals surface area contributed by atoms with Gasteiger partial charge in [-0.3, -0.25) is 4.79 Å². The minimum atomic E-state index is -4.40. The quantitative estimate of drug-likeness (QED) is 0.328. The van der Waals surface area contributed by atoms with E-state index >= 15 is 0 Å². The Morgan fingerprint density at radius 1 is 1.22 bits per heavy atom. The van der Waals surface area contributed by atoms with Crippen LogP contribution in [0.3, 0.4) is 0 Å². The molecule has 0 spiro atoms. The predicted molar refractivity (Wildman–Crippen MR) is 122 cm³/mol. The number of guanidine groups is 1. The number of amides is 1. The van der Waals surface area contributed by atoms with Gasteiger partial charge in [-0.15, -0.1) is 24.0 Å².